The molecule has 0 saturated carbocycles. The normalized spacial score (nSPS) is 19.7. The fourth-order valence-electron chi connectivity index (χ4n) is 3.75. The van der Waals surface area contributed by atoms with E-state index in [9.17, 15) is 0 Å². The molecule has 2 aliphatic rings. The van der Waals surface area contributed by atoms with Crippen LogP contribution in [-0.2, 0) is 11.3 Å². The third-order valence-corrected chi connectivity index (χ3v) is 5.53. The van der Waals surface area contributed by atoms with Crippen LogP contribution in [0, 0.1) is 0 Å². The van der Waals surface area contributed by atoms with Crippen LogP contribution < -0.4 is 4.90 Å². The Morgan fingerprint density at radius 2 is 1.31 bits per heavy atom. The molecule has 0 unspecified atom stereocenters. The summed E-state index contributed by atoms with van der Waals surface area (Å²) < 4.78 is 5.44. The molecule has 0 atom stereocenters. The van der Waals surface area contributed by atoms with E-state index in [0.717, 1.165) is 32.8 Å². The maximum atomic E-state index is 5.44. The molecule has 4 heteroatoms. The molecule has 2 aromatic rings. The van der Waals surface area contributed by atoms with E-state index in [-0.39, 0.29) is 0 Å². The highest BCUT2D eigenvalue weighted by Crippen LogP contribution is 2.24. The minimum Gasteiger partial charge on any atom is -0.378 e. The van der Waals surface area contributed by atoms with Gasteiger partial charge in [0, 0.05) is 51.5 Å². The second-order valence-electron chi connectivity index (χ2n) is 7.42. The van der Waals surface area contributed by atoms with Crippen molar-refractivity contribution in [3.05, 3.63) is 54.1 Å². The second kappa shape index (κ2) is 8.21. The van der Waals surface area contributed by atoms with Crippen LogP contribution in [0.3, 0.4) is 0 Å². The van der Waals surface area contributed by atoms with Crippen LogP contribution in [0.4, 0.5) is 5.69 Å². The second-order valence-corrected chi connectivity index (χ2v) is 7.42. The fourth-order valence-corrected chi connectivity index (χ4v) is 3.75. The van der Waals surface area contributed by atoms with Crippen molar-refractivity contribution in [3.63, 3.8) is 0 Å². The van der Waals surface area contributed by atoms with Gasteiger partial charge < -0.3 is 14.5 Å². The van der Waals surface area contributed by atoms with Crippen LogP contribution in [0.5, 0.6) is 0 Å². The lowest BCUT2D eigenvalue weighted by Crippen LogP contribution is -2.43. The van der Waals surface area contributed by atoms with Gasteiger partial charge in [-0.2, -0.15) is 0 Å². The minimum atomic E-state index is 0.830. The summed E-state index contributed by atoms with van der Waals surface area (Å²) in [6, 6.07) is 18.0. The van der Waals surface area contributed by atoms with Crippen molar-refractivity contribution in [2.75, 3.05) is 64.4 Å². The number of hydrogen-bond acceptors (Lipinski definition) is 4. The topological polar surface area (TPSA) is 19.0 Å². The Labute approximate surface area is 157 Å². The molecule has 26 heavy (non-hydrogen) atoms. The summed E-state index contributed by atoms with van der Waals surface area (Å²) in [7, 11) is 2.20. The van der Waals surface area contributed by atoms with Crippen molar-refractivity contribution in [2.45, 2.75) is 6.54 Å². The Bertz CT molecular complexity index is 684. The molecule has 4 rings (SSSR count). The highest BCUT2D eigenvalue weighted by Gasteiger charge is 2.14. The Morgan fingerprint density at radius 3 is 1.92 bits per heavy atom. The average molecular weight is 351 g/mol. The lowest BCUT2D eigenvalue weighted by atomic mass is 10.0. The van der Waals surface area contributed by atoms with Crippen molar-refractivity contribution in [1.82, 2.24) is 9.80 Å². The Morgan fingerprint density at radius 1 is 0.731 bits per heavy atom. The molecule has 0 spiro atoms. The lowest BCUT2D eigenvalue weighted by Gasteiger charge is -2.32. The largest absolute Gasteiger partial charge is 0.378 e. The van der Waals surface area contributed by atoms with Gasteiger partial charge in [-0.3, -0.25) is 4.90 Å². The van der Waals surface area contributed by atoms with Gasteiger partial charge in [0.1, 0.15) is 0 Å². The van der Waals surface area contributed by atoms with Gasteiger partial charge in [0.25, 0.3) is 0 Å². The molecule has 0 radical (unpaired) electrons. The van der Waals surface area contributed by atoms with Crippen molar-refractivity contribution < 1.29 is 4.74 Å². The monoisotopic (exact) mass is 351 g/mol. The van der Waals surface area contributed by atoms with Crippen LogP contribution >= 0.6 is 0 Å². The molecule has 0 aliphatic carbocycles. The van der Waals surface area contributed by atoms with E-state index in [1.807, 2.05) is 0 Å². The molecule has 4 nitrogen and oxygen atoms in total. The number of morpholine rings is 1. The summed E-state index contributed by atoms with van der Waals surface area (Å²) in [5, 5.41) is 0. The molecule has 2 fully saturated rings. The first kappa shape index (κ1) is 17.5. The number of hydrogen-bond donors (Lipinski definition) is 0. The summed E-state index contributed by atoms with van der Waals surface area (Å²) in [6.07, 6.45) is 0. The van der Waals surface area contributed by atoms with Gasteiger partial charge in [-0.05, 0) is 35.9 Å². The number of anilines is 1. The number of piperazine rings is 1. The predicted octanol–water partition coefficient (Wildman–Crippen LogP) is 2.94. The van der Waals surface area contributed by atoms with Gasteiger partial charge in [-0.25, -0.2) is 0 Å². The van der Waals surface area contributed by atoms with Crippen LogP contribution in [0.15, 0.2) is 48.5 Å². The van der Waals surface area contributed by atoms with Gasteiger partial charge in [-0.15, -0.1) is 0 Å². The van der Waals surface area contributed by atoms with E-state index < -0.39 is 0 Å². The number of rotatable bonds is 4. The molecule has 0 aromatic heterocycles. The number of ether oxygens (including phenoxy) is 1. The van der Waals surface area contributed by atoms with E-state index in [4.69, 9.17) is 4.74 Å². The highest BCUT2D eigenvalue weighted by atomic mass is 16.5. The van der Waals surface area contributed by atoms with Crippen LogP contribution in [0.25, 0.3) is 11.1 Å². The minimum absolute atomic E-state index is 0.830. The number of nitrogens with zero attached hydrogens (tertiary/aromatic N) is 3. The van der Waals surface area contributed by atoms with E-state index >= 15 is 0 Å². The smallest absolute Gasteiger partial charge is 0.0642 e. The zero-order valence-corrected chi connectivity index (χ0v) is 15.7. The molecule has 2 saturated heterocycles. The molecular formula is C22H29N3O. The lowest BCUT2D eigenvalue weighted by molar-refractivity contribution is 0.122. The van der Waals surface area contributed by atoms with E-state index in [0.29, 0.717) is 0 Å². The zero-order valence-electron chi connectivity index (χ0n) is 15.7. The third-order valence-electron chi connectivity index (χ3n) is 5.53. The van der Waals surface area contributed by atoms with Crippen LogP contribution in [0.1, 0.15) is 5.56 Å². The van der Waals surface area contributed by atoms with Gasteiger partial charge in [-0.1, -0.05) is 36.4 Å². The summed E-state index contributed by atoms with van der Waals surface area (Å²) in [6.45, 7) is 9.38. The van der Waals surface area contributed by atoms with Crippen LogP contribution in [0.2, 0.25) is 0 Å². The first-order chi connectivity index (χ1) is 12.8. The van der Waals surface area contributed by atoms with Crippen LogP contribution in [-0.4, -0.2) is 69.3 Å². The molecule has 138 valence electrons. The van der Waals surface area contributed by atoms with Gasteiger partial charge in [0.05, 0.1) is 13.2 Å². The summed E-state index contributed by atoms with van der Waals surface area (Å²) in [4.78, 5) is 7.35. The van der Waals surface area contributed by atoms with Crippen molar-refractivity contribution in [2.24, 2.45) is 0 Å². The third kappa shape index (κ3) is 4.26. The molecule has 0 N–H and O–H groups in total. The SMILES string of the molecule is CN1CCN(Cc2ccc(-c3ccc(N4CCOCC4)cc3)cc2)CC1. The Kier molecular flexibility index (Phi) is 5.54. The van der Waals surface area contributed by atoms with Gasteiger partial charge in [0.2, 0.25) is 0 Å². The molecule has 0 amide bonds. The quantitative estimate of drug-likeness (QED) is 0.843. The van der Waals surface area contributed by atoms with Crippen molar-refractivity contribution in [3.8, 4) is 11.1 Å². The van der Waals surface area contributed by atoms with E-state index in [1.165, 1.54) is 48.6 Å². The number of benzene rings is 2. The Balaban J connectivity index is 1.38. The molecular weight excluding hydrogens is 322 g/mol. The highest BCUT2D eigenvalue weighted by molar-refractivity contribution is 5.66. The maximum absolute atomic E-state index is 5.44. The summed E-state index contributed by atoms with van der Waals surface area (Å²) >= 11 is 0. The predicted molar refractivity (Wildman–Crippen MR) is 108 cm³/mol. The molecule has 0 bridgehead atoms. The van der Waals surface area contributed by atoms with E-state index in [1.54, 1.807) is 0 Å². The molecule has 2 heterocycles. The maximum Gasteiger partial charge on any atom is 0.0642 e. The van der Waals surface area contributed by atoms with E-state index in [2.05, 4.69) is 70.3 Å². The first-order valence-electron chi connectivity index (χ1n) is 9.71. The standard InChI is InChI=1S/C22H29N3O/c1-23-10-12-24(13-11-23)18-19-2-4-20(5-3-19)21-6-8-22(9-7-21)25-14-16-26-17-15-25/h2-9H,10-18H2,1H3. The summed E-state index contributed by atoms with van der Waals surface area (Å²) in [5.74, 6) is 0. The Hall–Kier alpha value is -1.88. The van der Waals surface area contributed by atoms with Crippen molar-refractivity contribution >= 4 is 5.69 Å². The van der Waals surface area contributed by atoms with Gasteiger partial charge in [0.15, 0.2) is 0 Å². The molecule has 2 aromatic carbocycles. The zero-order chi connectivity index (χ0) is 17.8. The van der Waals surface area contributed by atoms with Gasteiger partial charge >= 0.3 is 0 Å². The summed E-state index contributed by atoms with van der Waals surface area (Å²) in [5.41, 5.74) is 5.28. The average Bonchev–Trinajstić information content (AvgIpc) is 2.71. The first-order valence-corrected chi connectivity index (χ1v) is 9.71. The molecule has 2 aliphatic heterocycles. The number of likely N-dealkylation sites (N-methyl/N-ethyl adjacent to an activating group) is 1. The fraction of sp³-hybridized carbons (Fsp3) is 0.455. The van der Waals surface area contributed by atoms with Crippen molar-refractivity contribution in [1.29, 1.82) is 0 Å².